The van der Waals surface area contributed by atoms with Crippen LogP contribution >= 0.6 is 23.2 Å². The lowest BCUT2D eigenvalue weighted by atomic mass is 10.1. The summed E-state index contributed by atoms with van der Waals surface area (Å²) >= 11 is 12.1. The summed E-state index contributed by atoms with van der Waals surface area (Å²) < 4.78 is 19.5. The largest absolute Gasteiger partial charge is 0.484 e. The highest BCUT2D eigenvalue weighted by Gasteiger charge is 2.19. The summed E-state index contributed by atoms with van der Waals surface area (Å²) in [4.78, 5) is 12.0. The molecule has 0 radical (unpaired) electrons. The Balaban J connectivity index is 1.88. The molecule has 0 aliphatic heterocycles. The predicted octanol–water partition coefficient (Wildman–Crippen LogP) is 4.71. The summed E-state index contributed by atoms with van der Waals surface area (Å²) in [6.45, 7) is 1.73. The highest BCUT2D eigenvalue weighted by Crippen LogP contribution is 2.35. The van der Waals surface area contributed by atoms with Crippen LogP contribution in [0, 0.1) is 5.82 Å². The Morgan fingerprint density at radius 3 is 2.52 bits per heavy atom. The molecule has 0 saturated carbocycles. The van der Waals surface area contributed by atoms with Gasteiger partial charge in [-0.3, -0.25) is 4.98 Å². The Labute approximate surface area is 153 Å². The maximum absolute atomic E-state index is 13.7. The van der Waals surface area contributed by atoms with Crippen LogP contribution in [0.4, 0.5) is 10.3 Å². The molecule has 128 valence electrons. The van der Waals surface area contributed by atoms with Gasteiger partial charge in [-0.2, -0.15) is 0 Å². The molecule has 2 N–H and O–H groups in total. The molecular weight excluding hydrogens is 366 g/mol. The number of hydrogen-bond donors (Lipinski definition) is 1. The van der Waals surface area contributed by atoms with Crippen molar-refractivity contribution in [3.05, 3.63) is 64.4 Å². The molecule has 0 spiro atoms. The van der Waals surface area contributed by atoms with E-state index < -0.39 is 11.9 Å². The average molecular weight is 379 g/mol. The maximum atomic E-state index is 13.7. The number of nitrogen functional groups attached to an aromatic ring is 1. The minimum absolute atomic E-state index is 0.0592. The van der Waals surface area contributed by atoms with Crippen LogP contribution in [0.2, 0.25) is 10.0 Å². The zero-order valence-electron chi connectivity index (χ0n) is 13.1. The lowest BCUT2D eigenvalue weighted by Crippen LogP contribution is -2.06. The van der Waals surface area contributed by atoms with Gasteiger partial charge in [-0.05, 0) is 25.1 Å². The lowest BCUT2D eigenvalue weighted by molar-refractivity contribution is 0.226. The molecule has 0 saturated heterocycles. The quantitative estimate of drug-likeness (QED) is 0.665. The molecule has 5 nitrogen and oxygen atoms in total. The number of anilines is 1. The molecule has 0 aliphatic rings. The Kier molecular flexibility index (Phi) is 5.01. The van der Waals surface area contributed by atoms with Crippen molar-refractivity contribution in [3.8, 4) is 16.9 Å². The predicted molar refractivity (Wildman–Crippen MR) is 95.1 cm³/mol. The Hall–Kier alpha value is -2.44. The van der Waals surface area contributed by atoms with Gasteiger partial charge in [0.15, 0.2) is 0 Å². The monoisotopic (exact) mass is 378 g/mol. The van der Waals surface area contributed by atoms with Crippen molar-refractivity contribution in [1.29, 1.82) is 0 Å². The van der Waals surface area contributed by atoms with Gasteiger partial charge < -0.3 is 10.5 Å². The second-order valence-corrected chi connectivity index (χ2v) is 6.04. The second-order valence-electron chi connectivity index (χ2n) is 5.26. The number of ether oxygens (including phenoxy) is 1. The first-order valence-corrected chi connectivity index (χ1v) is 8.04. The van der Waals surface area contributed by atoms with Crippen LogP contribution in [0.15, 0.2) is 43.0 Å². The van der Waals surface area contributed by atoms with E-state index >= 15 is 0 Å². The fourth-order valence-electron chi connectivity index (χ4n) is 2.31. The van der Waals surface area contributed by atoms with Gasteiger partial charge in [0, 0.05) is 40.3 Å². The van der Waals surface area contributed by atoms with Gasteiger partial charge in [0.25, 0.3) is 0 Å². The van der Waals surface area contributed by atoms with E-state index in [0.29, 0.717) is 16.3 Å². The number of nitrogens with zero attached hydrogens (tertiary/aromatic N) is 3. The Bertz CT molecular complexity index is 906. The van der Waals surface area contributed by atoms with Gasteiger partial charge in [-0.25, -0.2) is 14.4 Å². The van der Waals surface area contributed by atoms with Gasteiger partial charge in [-0.1, -0.05) is 23.2 Å². The zero-order chi connectivity index (χ0) is 18.0. The number of pyridine rings is 1. The van der Waals surface area contributed by atoms with Gasteiger partial charge in [-0.15, -0.1) is 0 Å². The molecule has 25 heavy (non-hydrogen) atoms. The van der Waals surface area contributed by atoms with Crippen molar-refractivity contribution in [2.45, 2.75) is 13.0 Å². The first-order chi connectivity index (χ1) is 12.0. The molecule has 0 bridgehead atoms. The van der Waals surface area contributed by atoms with Crippen molar-refractivity contribution in [2.24, 2.45) is 0 Å². The first kappa shape index (κ1) is 17.4. The van der Waals surface area contributed by atoms with E-state index in [4.69, 9.17) is 33.7 Å². The van der Waals surface area contributed by atoms with Gasteiger partial charge in [0.2, 0.25) is 5.95 Å². The van der Waals surface area contributed by atoms with Crippen LogP contribution in [0.1, 0.15) is 18.6 Å². The fourth-order valence-corrected chi connectivity index (χ4v) is 2.98. The van der Waals surface area contributed by atoms with E-state index in [1.807, 2.05) is 0 Å². The highest BCUT2D eigenvalue weighted by molar-refractivity contribution is 6.36. The minimum Gasteiger partial charge on any atom is -0.484 e. The van der Waals surface area contributed by atoms with Crippen LogP contribution in [0.3, 0.4) is 0 Å². The molecule has 1 unspecified atom stereocenters. The van der Waals surface area contributed by atoms with Crippen molar-refractivity contribution >= 4 is 29.2 Å². The number of hydrogen-bond acceptors (Lipinski definition) is 5. The van der Waals surface area contributed by atoms with E-state index in [2.05, 4.69) is 15.0 Å². The molecule has 0 aliphatic carbocycles. The van der Waals surface area contributed by atoms with Crippen molar-refractivity contribution in [2.75, 3.05) is 5.73 Å². The topological polar surface area (TPSA) is 73.9 Å². The number of aromatic nitrogens is 3. The molecule has 0 fully saturated rings. The highest BCUT2D eigenvalue weighted by atomic mass is 35.5. The van der Waals surface area contributed by atoms with Crippen LogP contribution in [-0.4, -0.2) is 15.0 Å². The molecule has 8 heteroatoms. The Morgan fingerprint density at radius 2 is 1.80 bits per heavy atom. The van der Waals surface area contributed by atoms with E-state index in [9.17, 15) is 4.39 Å². The third kappa shape index (κ3) is 3.81. The maximum Gasteiger partial charge on any atom is 0.219 e. The number of halogens is 3. The molecule has 1 aromatic carbocycles. The molecule has 2 heterocycles. The summed E-state index contributed by atoms with van der Waals surface area (Å²) in [7, 11) is 0. The zero-order valence-corrected chi connectivity index (χ0v) is 14.6. The normalized spacial score (nSPS) is 12.0. The van der Waals surface area contributed by atoms with Crippen LogP contribution in [0.5, 0.6) is 5.75 Å². The fraction of sp³-hybridized carbons (Fsp3) is 0.118. The van der Waals surface area contributed by atoms with Gasteiger partial charge in [0.1, 0.15) is 17.7 Å². The van der Waals surface area contributed by atoms with E-state index in [1.165, 1.54) is 12.1 Å². The average Bonchev–Trinajstić information content (AvgIpc) is 2.59. The van der Waals surface area contributed by atoms with Crippen molar-refractivity contribution < 1.29 is 9.13 Å². The smallest absolute Gasteiger partial charge is 0.219 e. The molecule has 2 aromatic heterocycles. The van der Waals surface area contributed by atoms with E-state index in [-0.39, 0.29) is 11.0 Å². The third-order valence-corrected chi connectivity index (χ3v) is 4.23. The van der Waals surface area contributed by atoms with Crippen LogP contribution in [0.25, 0.3) is 11.1 Å². The number of nitrogens with two attached hydrogens (primary N) is 1. The summed E-state index contributed by atoms with van der Waals surface area (Å²) in [5.41, 5.74) is 7.36. The molecule has 3 aromatic rings. The van der Waals surface area contributed by atoms with Gasteiger partial charge >= 0.3 is 0 Å². The summed E-state index contributed by atoms with van der Waals surface area (Å²) in [6, 6.07) is 4.42. The molecular formula is C17H13Cl2FN4O. The van der Waals surface area contributed by atoms with E-state index in [1.54, 1.807) is 37.8 Å². The molecule has 3 rings (SSSR count). The minimum atomic E-state index is -0.574. The Morgan fingerprint density at radius 1 is 1.08 bits per heavy atom. The number of benzene rings is 1. The summed E-state index contributed by atoms with van der Waals surface area (Å²) in [6.07, 6.45) is 5.79. The van der Waals surface area contributed by atoms with Crippen molar-refractivity contribution in [3.63, 3.8) is 0 Å². The third-order valence-electron chi connectivity index (χ3n) is 3.52. The standard InChI is InChI=1S/C17H13Cl2FN4O/c1-9(15-13(18)2-3-14(20)16(15)19)25-12-4-10(5-22-8-12)11-6-23-17(21)24-7-11/h2-9H,1H3,(H2,21,23,24). The summed E-state index contributed by atoms with van der Waals surface area (Å²) in [5, 5.41) is 0.269. The van der Waals surface area contributed by atoms with Crippen molar-refractivity contribution in [1.82, 2.24) is 15.0 Å². The SMILES string of the molecule is CC(Oc1cncc(-c2cnc(N)nc2)c1)c1c(Cl)ccc(F)c1Cl. The summed E-state index contributed by atoms with van der Waals surface area (Å²) in [5.74, 6) is 0.105. The second kappa shape index (κ2) is 7.21. The van der Waals surface area contributed by atoms with Crippen LogP contribution in [-0.2, 0) is 0 Å². The van der Waals surface area contributed by atoms with Gasteiger partial charge in [0.05, 0.1) is 11.2 Å². The number of rotatable bonds is 4. The molecule has 1 atom stereocenters. The van der Waals surface area contributed by atoms with Crippen LogP contribution < -0.4 is 10.5 Å². The first-order valence-electron chi connectivity index (χ1n) is 7.28. The molecule has 0 amide bonds. The lowest BCUT2D eigenvalue weighted by Gasteiger charge is -2.18. The van der Waals surface area contributed by atoms with E-state index in [0.717, 1.165) is 11.1 Å².